The fourth-order valence-corrected chi connectivity index (χ4v) is 5.46. The van der Waals surface area contributed by atoms with Crippen LogP contribution in [0.15, 0.2) is 88.9 Å². The van der Waals surface area contributed by atoms with Crippen molar-refractivity contribution in [3.05, 3.63) is 101 Å². The molecule has 2 heterocycles. The van der Waals surface area contributed by atoms with Crippen LogP contribution in [0.2, 0.25) is 0 Å². The number of ether oxygens (including phenoxy) is 1. The van der Waals surface area contributed by atoms with Crippen LogP contribution in [0.25, 0.3) is 6.08 Å². The molecule has 4 rings (SSSR count). The van der Waals surface area contributed by atoms with Gasteiger partial charge in [0.25, 0.3) is 0 Å². The monoisotopic (exact) mass is 537 g/mol. The molecular formula is C29H35N3O5S. The standard InChI is InChI=1S/C29H35N3O5S/c33-29(31(24-28-13-7-19-37-28)23-27-11-5-2-6-12-27)25-32(16-8-15-30-17-20-36-21-18-30)38(34,35)22-14-26-9-3-1-4-10-26/h1-7,9-14,19,22H,8,15-18,20-21,23-25H2/b22-14+. The predicted octanol–water partition coefficient (Wildman–Crippen LogP) is 3.83. The third kappa shape index (κ3) is 8.66. The van der Waals surface area contributed by atoms with Gasteiger partial charge in [0.1, 0.15) is 5.76 Å². The molecule has 0 unspecified atom stereocenters. The average molecular weight is 538 g/mol. The van der Waals surface area contributed by atoms with E-state index in [1.165, 1.54) is 9.71 Å². The first-order chi connectivity index (χ1) is 18.5. The van der Waals surface area contributed by atoms with Crippen LogP contribution in [0.5, 0.6) is 0 Å². The summed E-state index contributed by atoms with van der Waals surface area (Å²) < 4.78 is 39.1. The van der Waals surface area contributed by atoms with Crippen molar-refractivity contribution >= 4 is 22.0 Å². The van der Waals surface area contributed by atoms with Crippen LogP contribution in [0.4, 0.5) is 0 Å². The molecule has 1 fully saturated rings. The first-order valence-corrected chi connectivity index (χ1v) is 14.4. The number of carbonyl (C=O) groups is 1. The smallest absolute Gasteiger partial charge is 0.238 e. The van der Waals surface area contributed by atoms with Crippen LogP contribution in [-0.2, 0) is 32.6 Å². The van der Waals surface area contributed by atoms with E-state index < -0.39 is 10.0 Å². The number of rotatable bonds is 13. The van der Waals surface area contributed by atoms with Crippen molar-refractivity contribution in [3.63, 3.8) is 0 Å². The van der Waals surface area contributed by atoms with Gasteiger partial charge in [-0.1, -0.05) is 60.7 Å². The third-order valence-electron chi connectivity index (χ3n) is 6.38. The van der Waals surface area contributed by atoms with Crippen molar-refractivity contribution in [2.45, 2.75) is 19.5 Å². The number of hydrogen-bond donors (Lipinski definition) is 0. The summed E-state index contributed by atoms with van der Waals surface area (Å²) >= 11 is 0. The Morgan fingerprint density at radius 1 is 0.921 bits per heavy atom. The van der Waals surface area contributed by atoms with Crippen LogP contribution in [-0.4, -0.2) is 74.4 Å². The van der Waals surface area contributed by atoms with Gasteiger partial charge < -0.3 is 14.1 Å². The maximum absolute atomic E-state index is 13.6. The molecule has 1 aromatic heterocycles. The summed E-state index contributed by atoms with van der Waals surface area (Å²) in [5, 5.41) is 1.19. The largest absolute Gasteiger partial charge is 0.467 e. The zero-order valence-electron chi connectivity index (χ0n) is 21.5. The lowest BCUT2D eigenvalue weighted by atomic mass is 10.2. The van der Waals surface area contributed by atoms with Gasteiger partial charge in [0.15, 0.2) is 0 Å². The number of furan rings is 1. The molecule has 1 saturated heterocycles. The summed E-state index contributed by atoms with van der Waals surface area (Å²) in [5.74, 6) is 0.355. The maximum atomic E-state index is 13.6. The Balaban J connectivity index is 1.50. The molecule has 2 aromatic carbocycles. The van der Waals surface area contributed by atoms with Gasteiger partial charge in [-0.25, -0.2) is 8.42 Å². The summed E-state index contributed by atoms with van der Waals surface area (Å²) in [7, 11) is -3.85. The average Bonchev–Trinajstić information content (AvgIpc) is 3.46. The molecular weight excluding hydrogens is 502 g/mol. The number of morpholine rings is 1. The van der Waals surface area contributed by atoms with E-state index in [4.69, 9.17) is 9.15 Å². The molecule has 0 bridgehead atoms. The lowest BCUT2D eigenvalue weighted by molar-refractivity contribution is -0.133. The minimum Gasteiger partial charge on any atom is -0.467 e. The number of carbonyl (C=O) groups excluding carboxylic acids is 1. The highest BCUT2D eigenvalue weighted by Crippen LogP contribution is 2.15. The molecule has 1 aliphatic heterocycles. The lowest BCUT2D eigenvalue weighted by Crippen LogP contribution is -2.43. The Labute approximate surface area is 225 Å². The van der Waals surface area contributed by atoms with Crippen LogP contribution in [0.3, 0.4) is 0 Å². The second-order valence-corrected chi connectivity index (χ2v) is 11.0. The van der Waals surface area contributed by atoms with E-state index in [9.17, 15) is 13.2 Å². The van der Waals surface area contributed by atoms with E-state index in [0.29, 0.717) is 31.9 Å². The Morgan fingerprint density at radius 2 is 1.63 bits per heavy atom. The Bertz CT molecular complexity index is 1240. The van der Waals surface area contributed by atoms with E-state index in [0.717, 1.165) is 30.8 Å². The lowest BCUT2D eigenvalue weighted by Gasteiger charge is -2.29. The maximum Gasteiger partial charge on any atom is 0.238 e. The molecule has 202 valence electrons. The Kier molecular flexibility index (Phi) is 10.3. The number of sulfonamides is 1. The van der Waals surface area contributed by atoms with E-state index in [2.05, 4.69) is 4.90 Å². The van der Waals surface area contributed by atoms with Gasteiger partial charge in [0, 0.05) is 31.6 Å². The van der Waals surface area contributed by atoms with E-state index in [-0.39, 0.29) is 25.5 Å². The van der Waals surface area contributed by atoms with Crippen LogP contribution < -0.4 is 0 Å². The molecule has 1 amide bonds. The molecule has 3 aromatic rings. The van der Waals surface area contributed by atoms with Gasteiger partial charge in [-0.05, 0) is 42.3 Å². The molecule has 0 atom stereocenters. The van der Waals surface area contributed by atoms with Gasteiger partial charge in [0.05, 0.1) is 32.6 Å². The summed E-state index contributed by atoms with van der Waals surface area (Å²) in [6.07, 6.45) is 3.75. The molecule has 9 heteroatoms. The van der Waals surface area contributed by atoms with E-state index >= 15 is 0 Å². The summed E-state index contributed by atoms with van der Waals surface area (Å²) in [6.45, 7) is 4.35. The van der Waals surface area contributed by atoms with Gasteiger partial charge in [-0.2, -0.15) is 4.31 Å². The van der Waals surface area contributed by atoms with Gasteiger partial charge in [-0.3, -0.25) is 9.69 Å². The molecule has 0 saturated carbocycles. The molecule has 0 spiro atoms. The fourth-order valence-electron chi connectivity index (χ4n) is 4.28. The van der Waals surface area contributed by atoms with Crippen LogP contribution >= 0.6 is 0 Å². The fraction of sp³-hybridized carbons (Fsp3) is 0.345. The highest BCUT2D eigenvalue weighted by Gasteiger charge is 2.26. The number of amides is 1. The van der Waals surface area contributed by atoms with Crippen molar-refractivity contribution in [3.8, 4) is 0 Å². The number of hydrogen-bond acceptors (Lipinski definition) is 6. The first-order valence-electron chi connectivity index (χ1n) is 12.9. The second-order valence-electron chi connectivity index (χ2n) is 9.21. The molecule has 0 N–H and O–H groups in total. The molecule has 1 aliphatic rings. The first kappa shape index (κ1) is 27.8. The van der Waals surface area contributed by atoms with Crippen molar-refractivity contribution < 1.29 is 22.4 Å². The Hall–Kier alpha value is -3.24. The topological polar surface area (TPSA) is 83.3 Å². The summed E-state index contributed by atoms with van der Waals surface area (Å²) in [4.78, 5) is 17.5. The summed E-state index contributed by atoms with van der Waals surface area (Å²) in [6, 6.07) is 22.5. The zero-order valence-corrected chi connectivity index (χ0v) is 22.3. The third-order valence-corrected chi connectivity index (χ3v) is 7.90. The van der Waals surface area contributed by atoms with Crippen LogP contribution in [0.1, 0.15) is 23.3 Å². The van der Waals surface area contributed by atoms with Gasteiger partial charge in [-0.15, -0.1) is 0 Å². The Morgan fingerprint density at radius 3 is 2.32 bits per heavy atom. The van der Waals surface area contributed by atoms with E-state index in [1.807, 2.05) is 66.7 Å². The molecule has 0 aliphatic carbocycles. The van der Waals surface area contributed by atoms with Crippen molar-refractivity contribution in [1.82, 2.24) is 14.1 Å². The number of nitrogens with zero attached hydrogens (tertiary/aromatic N) is 3. The van der Waals surface area contributed by atoms with Crippen molar-refractivity contribution in [2.75, 3.05) is 45.9 Å². The quantitative estimate of drug-likeness (QED) is 0.330. The highest BCUT2D eigenvalue weighted by atomic mass is 32.2. The summed E-state index contributed by atoms with van der Waals surface area (Å²) in [5.41, 5.74) is 1.73. The van der Waals surface area contributed by atoms with Crippen molar-refractivity contribution in [1.29, 1.82) is 0 Å². The minimum absolute atomic E-state index is 0.241. The normalized spacial score (nSPS) is 14.8. The zero-order chi connectivity index (χ0) is 26.6. The molecule has 0 radical (unpaired) electrons. The van der Waals surface area contributed by atoms with Crippen LogP contribution in [0, 0.1) is 0 Å². The van der Waals surface area contributed by atoms with Crippen molar-refractivity contribution in [2.24, 2.45) is 0 Å². The highest BCUT2D eigenvalue weighted by molar-refractivity contribution is 7.92. The van der Waals surface area contributed by atoms with E-state index in [1.54, 1.807) is 23.3 Å². The van der Waals surface area contributed by atoms with Gasteiger partial charge >= 0.3 is 0 Å². The molecule has 8 nitrogen and oxygen atoms in total. The minimum atomic E-state index is -3.85. The molecule has 38 heavy (non-hydrogen) atoms. The number of benzene rings is 2. The predicted molar refractivity (Wildman–Crippen MR) is 147 cm³/mol. The van der Waals surface area contributed by atoms with Gasteiger partial charge in [0.2, 0.25) is 15.9 Å². The SMILES string of the molecule is O=C(CN(CCCN1CCOCC1)S(=O)(=O)/C=C/c1ccccc1)N(Cc1ccccc1)Cc1ccco1. The second kappa shape index (κ2) is 14.1.